The van der Waals surface area contributed by atoms with Crippen LogP contribution in [0.15, 0.2) is 98.5 Å². The summed E-state index contributed by atoms with van der Waals surface area (Å²) < 4.78 is 23.6. The van der Waals surface area contributed by atoms with Crippen molar-refractivity contribution >= 4 is 34.8 Å². The van der Waals surface area contributed by atoms with Gasteiger partial charge in [-0.2, -0.15) is 0 Å². The number of hydroxylamine groups is 2. The van der Waals surface area contributed by atoms with E-state index in [1.807, 2.05) is 32.0 Å². The first-order chi connectivity index (χ1) is 30.2. The maximum Gasteiger partial charge on any atom is 0.324 e. The Balaban J connectivity index is 1.14. The quantitative estimate of drug-likeness (QED) is 0.0542. The molecule has 18 heteroatoms. The number of carboxylic acid groups (broad SMARTS) is 1. The molecule has 8 N–H and O–H groups in total. The van der Waals surface area contributed by atoms with E-state index in [1.54, 1.807) is 24.4 Å². The number of hydrogen-bond donors (Lipinski definition) is 8. The number of phenolic OH excluding ortho intramolecular Hbond substituents is 1. The van der Waals surface area contributed by atoms with Crippen molar-refractivity contribution in [1.82, 2.24) is 10.4 Å². The van der Waals surface area contributed by atoms with E-state index in [4.69, 9.17) is 23.5 Å². The number of nitrogens with one attached hydrogen (secondary N) is 1. The molecule has 0 aliphatic carbocycles. The molecule has 0 amide bonds. The van der Waals surface area contributed by atoms with E-state index in [-0.39, 0.29) is 34.6 Å². The minimum atomic E-state index is -3.18. The fourth-order valence-corrected chi connectivity index (χ4v) is 8.65. The van der Waals surface area contributed by atoms with E-state index in [0.717, 1.165) is 22.3 Å². The Labute approximate surface area is 359 Å². The summed E-state index contributed by atoms with van der Waals surface area (Å²) in [4.78, 5) is 50.8. The molecule has 0 radical (unpaired) electrons. The number of carbonyl (C=O) groups excluding carboxylic acids is 1. The lowest BCUT2D eigenvalue weighted by Crippen LogP contribution is -2.69. The number of aliphatic carboxylic acids is 1. The summed E-state index contributed by atoms with van der Waals surface area (Å²) in [5.74, 6) is -8.98. The number of rotatable bonds is 13. The van der Waals surface area contributed by atoms with Crippen LogP contribution >= 0.6 is 0 Å². The first kappa shape index (κ1) is 43.7. The van der Waals surface area contributed by atoms with E-state index >= 15 is 0 Å². The summed E-state index contributed by atoms with van der Waals surface area (Å²) in [6.07, 6.45) is -4.13. The second-order valence-corrected chi connectivity index (χ2v) is 16.2. The number of ether oxygens (including phenoxy) is 3. The molecule has 2 fully saturated rings. The van der Waals surface area contributed by atoms with Crippen LogP contribution in [0, 0.1) is 25.7 Å². The largest absolute Gasteiger partial charge is 0.508 e. The first-order valence-electron chi connectivity index (χ1n) is 20.4. The van der Waals surface area contributed by atoms with Gasteiger partial charge in [0.1, 0.15) is 42.2 Å². The number of nitrogens with zero attached hydrogens (tertiary/aromatic N) is 2. The molecular formula is C45H47N3O15. The summed E-state index contributed by atoms with van der Waals surface area (Å²) in [6, 6.07) is 14.9. The highest BCUT2D eigenvalue weighted by molar-refractivity contribution is 5.95. The average Bonchev–Trinajstić information content (AvgIpc) is 3.85. The number of carbonyl (C=O) groups is 2. The molecule has 1 aromatic heterocycles. The molecule has 0 bridgehead atoms. The van der Waals surface area contributed by atoms with Crippen LogP contribution < -0.4 is 15.5 Å². The smallest absolute Gasteiger partial charge is 0.324 e. The Morgan fingerprint density at radius 1 is 1.02 bits per heavy atom. The standard InChI is InChI=1S/C45H47N3O15/c1-22-14-23(2)16-27(15-22)36-35-25(11-13-47-35)18-48(36)63-40-38(53)39(54)41(45(58,21-50)62-43(57)33(42(55)56)34-26(19-49)4-3-12-46-34)61-44(40)60-29-9-10-30-32(17-29)59-20-31(37(30)52)24-5-7-28(51)8-6-24/h5-11,13-17,20,26,33-34,38-41,44,46,49-51,53-54,58H,3-4,12,18-19,21H2,1-2H3,(H,55,56). The monoisotopic (exact) mass is 869 g/mol. The number of aliphatic hydroxyl groups excluding tert-OH is 4. The number of piperidine rings is 1. The van der Waals surface area contributed by atoms with Gasteiger partial charge in [-0.25, -0.2) is 5.06 Å². The predicted molar refractivity (Wildman–Crippen MR) is 223 cm³/mol. The molecule has 8 rings (SSSR count). The van der Waals surface area contributed by atoms with Crippen LogP contribution in [-0.2, 0) is 23.9 Å². The van der Waals surface area contributed by atoms with Crippen molar-refractivity contribution in [1.29, 1.82) is 0 Å². The number of esters is 1. The number of allylic oxidation sites excluding steroid dienone is 1. The van der Waals surface area contributed by atoms with Crippen LogP contribution in [0.1, 0.15) is 29.5 Å². The highest BCUT2D eigenvalue weighted by Gasteiger charge is 2.58. The number of benzene rings is 3. The Hall–Kier alpha value is -5.96. The van der Waals surface area contributed by atoms with Crippen LogP contribution in [-0.4, -0.2) is 128 Å². The van der Waals surface area contributed by atoms with Crippen molar-refractivity contribution in [3.05, 3.63) is 111 Å². The van der Waals surface area contributed by atoms with E-state index < -0.39 is 85.0 Å². The van der Waals surface area contributed by atoms with Gasteiger partial charge >= 0.3 is 11.9 Å². The lowest BCUT2D eigenvalue weighted by atomic mass is 9.83. The van der Waals surface area contributed by atoms with Crippen LogP contribution in [0.4, 0.5) is 0 Å². The Kier molecular flexibility index (Phi) is 12.2. The third-order valence-corrected chi connectivity index (χ3v) is 11.7. The van der Waals surface area contributed by atoms with Crippen LogP contribution in [0.2, 0.25) is 0 Å². The summed E-state index contributed by atoms with van der Waals surface area (Å²) in [5.41, 5.74) is 4.94. The molecule has 4 aromatic rings. The molecule has 9 atom stereocenters. The molecule has 0 saturated carbocycles. The molecule has 18 nitrogen and oxygen atoms in total. The highest BCUT2D eigenvalue weighted by atomic mass is 16.8. The maximum atomic E-state index is 13.7. The fraction of sp³-hybridized carbons (Fsp3) is 0.378. The molecule has 4 aliphatic rings. The molecule has 332 valence electrons. The molecule has 5 heterocycles. The number of aliphatic hydroxyl groups is 5. The predicted octanol–water partition coefficient (Wildman–Crippen LogP) is 1.89. The number of carboxylic acids is 1. The average molecular weight is 870 g/mol. The van der Waals surface area contributed by atoms with Crippen molar-refractivity contribution in [3.8, 4) is 22.6 Å². The number of aromatic hydroxyl groups is 1. The van der Waals surface area contributed by atoms with Crippen LogP contribution in [0.3, 0.4) is 0 Å². The van der Waals surface area contributed by atoms with Crippen molar-refractivity contribution in [2.24, 2.45) is 16.8 Å². The molecule has 2 saturated heterocycles. The van der Waals surface area contributed by atoms with Gasteiger partial charge in [-0.15, -0.1) is 0 Å². The second kappa shape index (κ2) is 17.7. The number of phenols is 1. The van der Waals surface area contributed by atoms with Gasteiger partial charge in [0.25, 0.3) is 5.79 Å². The van der Waals surface area contributed by atoms with E-state index in [2.05, 4.69) is 10.3 Å². The molecule has 0 spiro atoms. The third-order valence-electron chi connectivity index (χ3n) is 11.7. The molecule has 3 aromatic carbocycles. The number of aryl methyl sites for hydroxylation is 2. The third kappa shape index (κ3) is 8.47. The van der Waals surface area contributed by atoms with Crippen molar-refractivity contribution in [3.63, 3.8) is 0 Å². The van der Waals surface area contributed by atoms with E-state index in [9.17, 15) is 50.1 Å². The van der Waals surface area contributed by atoms with Gasteiger partial charge in [0, 0.05) is 36.1 Å². The number of fused-ring (bicyclic) bond motifs is 2. The Bertz CT molecular complexity index is 2530. The summed E-state index contributed by atoms with van der Waals surface area (Å²) in [5, 5.41) is 80.4. The maximum absolute atomic E-state index is 13.7. The second-order valence-electron chi connectivity index (χ2n) is 16.2. The molecule has 63 heavy (non-hydrogen) atoms. The van der Waals surface area contributed by atoms with Crippen molar-refractivity contribution < 1.29 is 68.8 Å². The lowest BCUT2D eigenvalue weighted by molar-refractivity contribution is -0.372. The van der Waals surface area contributed by atoms with Gasteiger partial charge < -0.3 is 59.7 Å². The first-order valence-corrected chi connectivity index (χ1v) is 20.4. The summed E-state index contributed by atoms with van der Waals surface area (Å²) >= 11 is 0. The molecule has 4 aliphatic heterocycles. The van der Waals surface area contributed by atoms with Gasteiger partial charge in [0.2, 0.25) is 6.29 Å². The summed E-state index contributed by atoms with van der Waals surface area (Å²) in [6.45, 7) is 2.44. The van der Waals surface area contributed by atoms with E-state index in [1.165, 1.54) is 41.7 Å². The Morgan fingerprint density at radius 2 is 1.76 bits per heavy atom. The highest BCUT2D eigenvalue weighted by Crippen LogP contribution is 2.41. The van der Waals surface area contributed by atoms with E-state index in [0.29, 0.717) is 36.3 Å². The minimum absolute atomic E-state index is 0.0158. The van der Waals surface area contributed by atoms with Crippen molar-refractivity contribution in [2.45, 2.75) is 69.2 Å². The van der Waals surface area contributed by atoms with Gasteiger partial charge in [0.05, 0.1) is 28.9 Å². The van der Waals surface area contributed by atoms with Gasteiger partial charge in [-0.3, -0.25) is 24.2 Å². The molecule has 9 unspecified atom stereocenters. The zero-order valence-electron chi connectivity index (χ0n) is 34.2. The number of aliphatic imine (C=N–C) groups is 1. The Morgan fingerprint density at radius 3 is 2.46 bits per heavy atom. The fourth-order valence-electron chi connectivity index (χ4n) is 8.65. The topological polar surface area (TPSA) is 271 Å². The molecular weight excluding hydrogens is 823 g/mol. The summed E-state index contributed by atoms with van der Waals surface area (Å²) in [7, 11) is 0. The van der Waals surface area contributed by atoms with Crippen LogP contribution in [0.5, 0.6) is 11.5 Å². The van der Waals surface area contributed by atoms with Gasteiger partial charge in [-0.05, 0) is 87.2 Å². The SMILES string of the molecule is Cc1cc(C)cc(C2=C3N=CC=C3CN2OC2C(Oc3ccc4c(=O)c(-c5ccc(O)cc5)coc4c3)OC(C(O)(CO)OC(=O)C(C(=O)O)C3NCCCC3CO)C(O)C2O)c1. The number of hydrogen-bond acceptors (Lipinski definition) is 17. The van der Waals surface area contributed by atoms with Gasteiger partial charge in [-0.1, -0.05) is 29.3 Å². The van der Waals surface area contributed by atoms with Gasteiger partial charge in [0.15, 0.2) is 23.6 Å². The zero-order chi connectivity index (χ0) is 44.7. The minimum Gasteiger partial charge on any atom is -0.508 e. The zero-order valence-corrected chi connectivity index (χ0v) is 34.2. The lowest BCUT2D eigenvalue weighted by Gasteiger charge is -2.47. The normalized spacial score (nSPS) is 26.0. The van der Waals surface area contributed by atoms with Crippen molar-refractivity contribution in [2.75, 3.05) is 26.3 Å². The van der Waals surface area contributed by atoms with Crippen LogP contribution in [0.25, 0.3) is 27.8 Å².